The van der Waals surface area contributed by atoms with Gasteiger partial charge in [0.05, 0.1) is 24.2 Å². The second-order valence-corrected chi connectivity index (χ2v) is 6.35. The molecule has 0 amide bonds. The first kappa shape index (κ1) is 14.3. The Balaban J connectivity index is 1.69. The third-order valence-electron chi connectivity index (χ3n) is 3.13. The van der Waals surface area contributed by atoms with E-state index in [1.807, 2.05) is 29.8 Å². The second-order valence-electron chi connectivity index (χ2n) is 4.55. The average Bonchev–Trinajstić information content (AvgIpc) is 3.13. The van der Waals surface area contributed by atoms with E-state index in [-0.39, 0.29) is 6.61 Å². The Bertz CT molecular complexity index is 722. The first-order valence-corrected chi connectivity index (χ1v) is 8.38. The molecular weight excluding hydrogens is 302 g/mol. The molecule has 0 radical (unpaired) electrons. The first-order valence-electron chi connectivity index (χ1n) is 6.52. The summed E-state index contributed by atoms with van der Waals surface area (Å²) >= 11 is 3.29. The zero-order chi connectivity index (χ0) is 14.7. The van der Waals surface area contributed by atoms with Gasteiger partial charge in [-0.2, -0.15) is 0 Å². The Hall–Kier alpha value is -1.63. The van der Waals surface area contributed by atoms with Crippen molar-refractivity contribution in [1.29, 1.82) is 0 Å². The molecule has 0 spiro atoms. The van der Waals surface area contributed by atoms with Gasteiger partial charge in [0.15, 0.2) is 5.16 Å². The third kappa shape index (κ3) is 3.18. The van der Waals surface area contributed by atoms with Crippen molar-refractivity contribution in [2.75, 3.05) is 0 Å². The molecule has 108 valence electrons. The molecule has 0 aliphatic heterocycles. The van der Waals surface area contributed by atoms with E-state index >= 15 is 0 Å². The zero-order valence-corrected chi connectivity index (χ0v) is 13.2. The number of rotatable bonds is 5. The highest BCUT2D eigenvalue weighted by molar-refractivity contribution is 7.98. The smallest absolute Gasteiger partial charge is 0.168 e. The molecule has 0 unspecified atom stereocenters. The number of aromatic nitrogens is 3. The zero-order valence-electron chi connectivity index (χ0n) is 11.6. The normalized spacial score (nSPS) is 11.0. The van der Waals surface area contributed by atoms with Gasteiger partial charge in [0.2, 0.25) is 0 Å². The molecule has 0 bridgehead atoms. The first-order chi connectivity index (χ1) is 10.3. The van der Waals surface area contributed by atoms with Crippen LogP contribution in [-0.4, -0.2) is 19.6 Å². The number of thiazole rings is 1. The van der Waals surface area contributed by atoms with Crippen LogP contribution in [0.2, 0.25) is 0 Å². The maximum absolute atomic E-state index is 9.17. The van der Waals surface area contributed by atoms with Crippen LogP contribution < -0.4 is 0 Å². The standard InChI is InChI=1S/C15H15N3OS2/c1-18-13(8-19)7-16-15(18)21-10-12-9-20-14(17-12)11-5-3-2-4-6-11/h2-7,9,19H,8,10H2,1H3. The van der Waals surface area contributed by atoms with Gasteiger partial charge in [0.25, 0.3) is 0 Å². The Morgan fingerprint density at radius 3 is 2.81 bits per heavy atom. The van der Waals surface area contributed by atoms with E-state index in [9.17, 15) is 0 Å². The van der Waals surface area contributed by atoms with E-state index in [0.29, 0.717) is 0 Å². The highest BCUT2D eigenvalue weighted by Crippen LogP contribution is 2.27. The quantitative estimate of drug-likeness (QED) is 0.733. The van der Waals surface area contributed by atoms with Gasteiger partial charge in [-0.1, -0.05) is 42.1 Å². The van der Waals surface area contributed by atoms with Gasteiger partial charge in [0, 0.05) is 23.7 Å². The molecular formula is C15H15N3OS2. The summed E-state index contributed by atoms with van der Waals surface area (Å²) in [5.41, 5.74) is 3.02. The molecule has 0 aliphatic carbocycles. The van der Waals surface area contributed by atoms with Gasteiger partial charge in [0.1, 0.15) is 5.01 Å². The number of aliphatic hydroxyl groups excluding tert-OH is 1. The molecule has 6 heteroatoms. The number of hydrogen-bond acceptors (Lipinski definition) is 5. The maximum atomic E-state index is 9.17. The minimum absolute atomic E-state index is 0.0128. The number of benzene rings is 1. The van der Waals surface area contributed by atoms with Crippen molar-refractivity contribution in [2.24, 2.45) is 7.05 Å². The predicted octanol–water partition coefficient (Wildman–Crippen LogP) is 3.33. The van der Waals surface area contributed by atoms with E-state index in [4.69, 9.17) is 5.11 Å². The number of nitrogens with zero attached hydrogens (tertiary/aromatic N) is 3. The van der Waals surface area contributed by atoms with Crippen molar-refractivity contribution < 1.29 is 5.11 Å². The summed E-state index contributed by atoms with van der Waals surface area (Å²) in [7, 11) is 1.91. The van der Waals surface area contributed by atoms with E-state index in [2.05, 4.69) is 27.5 Å². The minimum Gasteiger partial charge on any atom is -0.390 e. The highest BCUT2D eigenvalue weighted by atomic mass is 32.2. The van der Waals surface area contributed by atoms with Crippen molar-refractivity contribution in [2.45, 2.75) is 17.5 Å². The van der Waals surface area contributed by atoms with Gasteiger partial charge in [-0.3, -0.25) is 0 Å². The molecule has 21 heavy (non-hydrogen) atoms. The van der Waals surface area contributed by atoms with Crippen molar-refractivity contribution in [3.63, 3.8) is 0 Å². The summed E-state index contributed by atoms with van der Waals surface area (Å²) in [6, 6.07) is 10.2. The molecule has 2 aromatic heterocycles. The molecule has 0 saturated heterocycles. The van der Waals surface area contributed by atoms with Crippen LogP contribution in [0, 0.1) is 0 Å². The molecule has 0 atom stereocenters. The third-order valence-corrected chi connectivity index (χ3v) is 5.14. The SMILES string of the molecule is Cn1c(CO)cnc1SCc1csc(-c2ccccc2)n1. The molecule has 1 N–H and O–H groups in total. The van der Waals surface area contributed by atoms with Crippen molar-refractivity contribution in [3.8, 4) is 10.6 Å². The van der Waals surface area contributed by atoms with Gasteiger partial charge < -0.3 is 9.67 Å². The fourth-order valence-electron chi connectivity index (χ4n) is 1.93. The largest absolute Gasteiger partial charge is 0.390 e. The van der Waals surface area contributed by atoms with Crippen LogP contribution in [0.1, 0.15) is 11.4 Å². The predicted molar refractivity (Wildman–Crippen MR) is 86.2 cm³/mol. The summed E-state index contributed by atoms with van der Waals surface area (Å²) in [6.07, 6.45) is 1.71. The summed E-state index contributed by atoms with van der Waals surface area (Å²) in [5.74, 6) is 0.777. The Labute approximate surface area is 131 Å². The fraction of sp³-hybridized carbons (Fsp3) is 0.200. The topological polar surface area (TPSA) is 50.9 Å². The molecule has 0 fully saturated rings. The lowest BCUT2D eigenvalue weighted by Gasteiger charge is -2.02. The molecule has 2 heterocycles. The number of imidazole rings is 1. The van der Waals surface area contributed by atoms with E-state index in [1.54, 1.807) is 29.3 Å². The lowest BCUT2D eigenvalue weighted by Crippen LogP contribution is -1.97. The summed E-state index contributed by atoms with van der Waals surface area (Å²) in [6.45, 7) is 0.0128. The average molecular weight is 317 g/mol. The van der Waals surface area contributed by atoms with Gasteiger partial charge in [-0.25, -0.2) is 9.97 Å². The molecule has 0 aliphatic rings. The van der Waals surface area contributed by atoms with Crippen LogP contribution >= 0.6 is 23.1 Å². The van der Waals surface area contributed by atoms with Crippen LogP contribution in [0.15, 0.2) is 47.1 Å². The van der Waals surface area contributed by atoms with Crippen LogP contribution in [0.4, 0.5) is 0 Å². The van der Waals surface area contributed by atoms with Crippen molar-refractivity contribution in [1.82, 2.24) is 14.5 Å². The monoisotopic (exact) mass is 317 g/mol. The van der Waals surface area contributed by atoms with Crippen LogP contribution in [0.25, 0.3) is 10.6 Å². The number of hydrogen-bond donors (Lipinski definition) is 1. The van der Waals surface area contributed by atoms with Crippen LogP contribution in [0.3, 0.4) is 0 Å². The van der Waals surface area contributed by atoms with Gasteiger partial charge >= 0.3 is 0 Å². The van der Waals surface area contributed by atoms with Gasteiger partial charge in [-0.15, -0.1) is 11.3 Å². The molecule has 1 aromatic carbocycles. The molecule has 3 rings (SSSR count). The summed E-state index contributed by atoms with van der Waals surface area (Å²) < 4.78 is 1.91. The van der Waals surface area contributed by atoms with Crippen molar-refractivity contribution >= 4 is 23.1 Å². The molecule has 4 nitrogen and oxygen atoms in total. The van der Waals surface area contributed by atoms with Crippen LogP contribution in [-0.2, 0) is 19.4 Å². The molecule has 0 saturated carbocycles. The minimum atomic E-state index is 0.0128. The van der Waals surface area contributed by atoms with Crippen molar-refractivity contribution in [3.05, 3.63) is 53.3 Å². The second kappa shape index (κ2) is 6.43. The maximum Gasteiger partial charge on any atom is 0.168 e. The Morgan fingerprint density at radius 1 is 1.29 bits per heavy atom. The Morgan fingerprint density at radius 2 is 2.10 bits per heavy atom. The van der Waals surface area contributed by atoms with Crippen LogP contribution in [0.5, 0.6) is 0 Å². The van der Waals surface area contributed by atoms with E-state index in [1.165, 1.54) is 0 Å². The number of aliphatic hydroxyl groups is 1. The summed E-state index contributed by atoms with van der Waals surface area (Å²) in [5, 5.41) is 13.2. The van der Waals surface area contributed by atoms with Gasteiger partial charge in [-0.05, 0) is 0 Å². The lowest BCUT2D eigenvalue weighted by molar-refractivity contribution is 0.271. The molecule has 3 aromatic rings. The fourth-order valence-corrected chi connectivity index (χ4v) is 3.73. The van der Waals surface area contributed by atoms with E-state index in [0.717, 1.165) is 32.9 Å². The highest BCUT2D eigenvalue weighted by Gasteiger charge is 2.09. The lowest BCUT2D eigenvalue weighted by atomic mass is 10.2. The summed E-state index contributed by atoms with van der Waals surface area (Å²) in [4.78, 5) is 8.97. The Kier molecular flexibility index (Phi) is 4.38. The van der Waals surface area contributed by atoms with E-state index < -0.39 is 0 Å². The number of thioether (sulfide) groups is 1.